The van der Waals surface area contributed by atoms with E-state index in [1.165, 1.54) is 0 Å². The molecular weight excluding hydrogens is 292 g/mol. The Bertz CT molecular complexity index is 700. The Kier molecular flexibility index (Phi) is 4.62. The Labute approximate surface area is 134 Å². The van der Waals surface area contributed by atoms with E-state index in [2.05, 4.69) is 11.8 Å². The van der Waals surface area contributed by atoms with E-state index in [0.717, 1.165) is 5.56 Å². The lowest BCUT2D eigenvalue weighted by atomic mass is 9.90. The molecule has 1 saturated heterocycles. The number of ketones is 1. The number of rotatable bonds is 2. The highest BCUT2D eigenvalue weighted by Crippen LogP contribution is 2.34. The van der Waals surface area contributed by atoms with E-state index in [4.69, 9.17) is 0 Å². The lowest BCUT2D eigenvalue weighted by Crippen LogP contribution is -2.31. The predicted molar refractivity (Wildman–Crippen MR) is 89.8 cm³/mol. The van der Waals surface area contributed by atoms with Gasteiger partial charge in [-0.05, 0) is 12.1 Å². The molecule has 110 valence electrons. The number of aliphatic hydroxyl groups excluding tert-OH is 1. The number of thioether (sulfide) groups is 1. The zero-order valence-electron chi connectivity index (χ0n) is 12.0. The smallest absolute Gasteiger partial charge is 0.170 e. The summed E-state index contributed by atoms with van der Waals surface area (Å²) >= 11 is 1.56. The first-order valence-corrected chi connectivity index (χ1v) is 8.26. The summed E-state index contributed by atoms with van der Waals surface area (Å²) in [5, 5.41) is 10.0. The van der Waals surface area contributed by atoms with Gasteiger partial charge in [-0.15, -0.1) is 11.8 Å². The molecule has 0 aromatic heterocycles. The molecule has 0 unspecified atom stereocenters. The van der Waals surface area contributed by atoms with Crippen LogP contribution in [0, 0.1) is 17.8 Å². The Morgan fingerprint density at radius 1 is 1.05 bits per heavy atom. The molecule has 2 nitrogen and oxygen atoms in total. The lowest BCUT2D eigenvalue weighted by molar-refractivity contribution is 0.0775. The number of benzene rings is 2. The molecule has 2 aromatic carbocycles. The summed E-state index contributed by atoms with van der Waals surface area (Å²) in [7, 11) is 0. The molecular formula is C19H16O2S. The second kappa shape index (κ2) is 6.83. The number of Topliss-reactive ketones (excluding diaryl/α,β-unsaturated/α-hetero) is 1. The third-order valence-electron chi connectivity index (χ3n) is 3.68. The zero-order chi connectivity index (χ0) is 15.4. The van der Waals surface area contributed by atoms with Crippen molar-refractivity contribution >= 4 is 17.5 Å². The summed E-state index contributed by atoms with van der Waals surface area (Å²) < 4.78 is 0. The van der Waals surface area contributed by atoms with Gasteiger partial charge < -0.3 is 5.11 Å². The molecule has 1 heterocycles. The van der Waals surface area contributed by atoms with Crippen LogP contribution in [-0.4, -0.2) is 28.0 Å². The minimum atomic E-state index is -0.632. The van der Waals surface area contributed by atoms with Crippen LogP contribution >= 0.6 is 11.8 Å². The molecule has 2 aromatic rings. The van der Waals surface area contributed by atoms with Gasteiger partial charge >= 0.3 is 0 Å². The van der Waals surface area contributed by atoms with Crippen LogP contribution in [0.3, 0.4) is 0 Å². The average Bonchev–Trinajstić information content (AvgIpc) is 2.95. The number of carbonyl (C=O) groups excluding carboxylic acids is 1. The van der Waals surface area contributed by atoms with Crippen LogP contribution in [0.25, 0.3) is 0 Å². The van der Waals surface area contributed by atoms with Gasteiger partial charge in [-0.1, -0.05) is 60.4 Å². The maximum absolute atomic E-state index is 12.6. The Morgan fingerprint density at radius 2 is 1.68 bits per heavy atom. The Balaban J connectivity index is 1.83. The standard InChI is InChI=1S/C19H16O2S/c20-16-13-22-17(12-11-14-7-3-1-4-8-14)18(16)19(21)15-9-5-2-6-10-15/h1-10,16-18,20H,13H2/t16-,17+,18-/m1/s1. The van der Waals surface area contributed by atoms with Crippen molar-refractivity contribution in [3.8, 4) is 11.8 Å². The highest BCUT2D eigenvalue weighted by Gasteiger charge is 2.40. The van der Waals surface area contributed by atoms with Gasteiger partial charge in [0.05, 0.1) is 17.3 Å². The van der Waals surface area contributed by atoms with Crippen LogP contribution in [0.15, 0.2) is 60.7 Å². The van der Waals surface area contributed by atoms with Crippen molar-refractivity contribution in [1.82, 2.24) is 0 Å². The molecule has 0 radical (unpaired) electrons. The first kappa shape index (κ1) is 14.9. The SMILES string of the molecule is O=C(c1ccccc1)[C@@H]1[C@H](O)CS[C@H]1C#Cc1ccccc1. The summed E-state index contributed by atoms with van der Waals surface area (Å²) in [6, 6.07) is 18.8. The van der Waals surface area contributed by atoms with Crippen LogP contribution < -0.4 is 0 Å². The highest BCUT2D eigenvalue weighted by molar-refractivity contribution is 8.00. The van der Waals surface area contributed by atoms with Crippen LogP contribution in [0.5, 0.6) is 0 Å². The summed E-state index contributed by atoms with van der Waals surface area (Å²) in [6.07, 6.45) is -0.632. The van der Waals surface area contributed by atoms with Crippen molar-refractivity contribution in [2.45, 2.75) is 11.4 Å². The Morgan fingerprint density at radius 3 is 2.36 bits per heavy atom. The van der Waals surface area contributed by atoms with Crippen molar-refractivity contribution < 1.29 is 9.90 Å². The van der Waals surface area contributed by atoms with Gasteiger partial charge in [-0.25, -0.2) is 0 Å². The average molecular weight is 308 g/mol. The summed E-state index contributed by atoms with van der Waals surface area (Å²) in [5.74, 6) is 6.35. The fourth-order valence-corrected chi connectivity index (χ4v) is 3.79. The third-order valence-corrected chi connectivity index (χ3v) is 4.99. The van der Waals surface area contributed by atoms with Crippen molar-refractivity contribution in [2.24, 2.45) is 5.92 Å². The lowest BCUT2D eigenvalue weighted by Gasteiger charge is -2.16. The summed E-state index contributed by atoms with van der Waals surface area (Å²) in [6.45, 7) is 0. The number of hydrogen-bond acceptors (Lipinski definition) is 3. The second-order valence-electron chi connectivity index (χ2n) is 5.21. The van der Waals surface area contributed by atoms with E-state index in [9.17, 15) is 9.90 Å². The fourth-order valence-electron chi connectivity index (χ4n) is 2.53. The van der Waals surface area contributed by atoms with Gasteiger partial charge in [-0.3, -0.25) is 4.79 Å². The minimum Gasteiger partial charge on any atom is -0.391 e. The molecule has 0 saturated carbocycles. The summed E-state index contributed by atoms with van der Waals surface area (Å²) in [4.78, 5) is 12.6. The number of carbonyl (C=O) groups is 1. The molecule has 22 heavy (non-hydrogen) atoms. The van der Waals surface area contributed by atoms with E-state index < -0.39 is 12.0 Å². The molecule has 0 bridgehead atoms. The molecule has 1 N–H and O–H groups in total. The summed E-state index contributed by atoms with van der Waals surface area (Å²) in [5.41, 5.74) is 1.57. The van der Waals surface area contributed by atoms with Crippen LogP contribution in [0.2, 0.25) is 0 Å². The maximum atomic E-state index is 12.6. The van der Waals surface area contributed by atoms with Gasteiger partial charge in [0.2, 0.25) is 0 Å². The van der Waals surface area contributed by atoms with Crippen LogP contribution in [-0.2, 0) is 0 Å². The molecule has 3 atom stereocenters. The molecule has 3 rings (SSSR count). The predicted octanol–water partition coefficient (Wildman–Crippen LogP) is 3.01. The van der Waals surface area contributed by atoms with Gasteiger partial charge in [0.25, 0.3) is 0 Å². The van der Waals surface area contributed by atoms with E-state index >= 15 is 0 Å². The molecule has 1 aliphatic heterocycles. The van der Waals surface area contributed by atoms with Crippen molar-refractivity contribution in [3.05, 3.63) is 71.8 Å². The first-order valence-electron chi connectivity index (χ1n) is 7.21. The molecule has 0 aliphatic carbocycles. The largest absolute Gasteiger partial charge is 0.391 e. The van der Waals surface area contributed by atoms with Crippen molar-refractivity contribution in [2.75, 3.05) is 5.75 Å². The van der Waals surface area contributed by atoms with Gasteiger partial charge in [0.15, 0.2) is 5.78 Å². The van der Waals surface area contributed by atoms with E-state index in [-0.39, 0.29) is 11.0 Å². The number of hydrogen-bond donors (Lipinski definition) is 1. The molecule has 1 fully saturated rings. The normalized spacial score (nSPS) is 23.6. The van der Waals surface area contributed by atoms with E-state index in [1.807, 2.05) is 48.5 Å². The van der Waals surface area contributed by atoms with E-state index in [1.54, 1.807) is 23.9 Å². The van der Waals surface area contributed by atoms with Gasteiger partial charge in [0.1, 0.15) is 0 Å². The Hall–Kier alpha value is -2.02. The monoisotopic (exact) mass is 308 g/mol. The van der Waals surface area contributed by atoms with E-state index in [0.29, 0.717) is 11.3 Å². The van der Waals surface area contributed by atoms with Gasteiger partial charge in [0, 0.05) is 16.9 Å². The molecule has 0 amide bonds. The fraction of sp³-hybridized carbons (Fsp3) is 0.211. The molecule has 3 heteroatoms. The van der Waals surface area contributed by atoms with Crippen molar-refractivity contribution in [1.29, 1.82) is 0 Å². The minimum absolute atomic E-state index is 0.0227. The van der Waals surface area contributed by atoms with Crippen molar-refractivity contribution in [3.63, 3.8) is 0 Å². The topological polar surface area (TPSA) is 37.3 Å². The second-order valence-corrected chi connectivity index (χ2v) is 6.39. The highest BCUT2D eigenvalue weighted by atomic mass is 32.2. The maximum Gasteiger partial charge on any atom is 0.170 e. The van der Waals surface area contributed by atoms with Gasteiger partial charge in [-0.2, -0.15) is 0 Å². The molecule has 1 aliphatic rings. The number of aliphatic hydroxyl groups is 1. The zero-order valence-corrected chi connectivity index (χ0v) is 12.8. The third kappa shape index (κ3) is 3.24. The van der Waals surface area contributed by atoms with Crippen LogP contribution in [0.1, 0.15) is 15.9 Å². The first-order chi connectivity index (χ1) is 10.8. The molecule has 0 spiro atoms. The quantitative estimate of drug-likeness (QED) is 0.684. The van der Waals surface area contributed by atoms with Crippen LogP contribution in [0.4, 0.5) is 0 Å².